The molecule has 150 valence electrons. The van der Waals surface area contributed by atoms with Crippen LogP contribution < -0.4 is 5.32 Å². The van der Waals surface area contributed by atoms with Gasteiger partial charge in [0.2, 0.25) is 5.76 Å². The summed E-state index contributed by atoms with van der Waals surface area (Å²) in [4.78, 5) is 17.2. The van der Waals surface area contributed by atoms with Crippen molar-refractivity contribution in [3.8, 4) is 11.3 Å². The topological polar surface area (TPSA) is 61.6 Å². The molecule has 0 aliphatic carbocycles. The molecule has 2 heterocycles. The normalized spacial score (nSPS) is 15.3. The largest absolute Gasteiger partial charge is 0.350 e. The van der Waals surface area contributed by atoms with Gasteiger partial charge in [-0.25, -0.2) is 0 Å². The van der Waals surface area contributed by atoms with Crippen LogP contribution in [-0.4, -0.2) is 60.1 Å². The van der Waals surface area contributed by atoms with E-state index in [1.807, 2.05) is 30.3 Å². The first-order valence-electron chi connectivity index (χ1n) is 10.1. The van der Waals surface area contributed by atoms with Gasteiger partial charge in [-0.15, -0.1) is 0 Å². The molecule has 6 heteroatoms. The minimum absolute atomic E-state index is 0.220. The number of hydrogen-bond donors (Lipinski definition) is 1. The van der Waals surface area contributed by atoms with Gasteiger partial charge in [0.05, 0.1) is 0 Å². The highest BCUT2D eigenvalue weighted by molar-refractivity contribution is 5.92. The molecule has 1 saturated heterocycles. The number of carbonyl (C=O) groups excluding carboxylic acids is 1. The van der Waals surface area contributed by atoms with Crippen molar-refractivity contribution < 1.29 is 9.32 Å². The summed E-state index contributed by atoms with van der Waals surface area (Å²) in [6, 6.07) is 22.0. The molecule has 2 aromatic carbocycles. The molecule has 1 aromatic heterocycles. The van der Waals surface area contributed by atoms with Crippen molar-refractivity contribution in [3.05, 3.63) is 78.1 Å². The summed E-state index contributed by atoms with van der Waals surface area (Å²) in [6.45, 7) is 6.56. The van der Waals surface area contributed by atoms with E-state index < -0.39 is 0 Å². The van der Waals surface area contributed by atoms with E-state index >= 15 is 0 Å². The van der Waals surface area contributed by atoms with Crippen molar-refractivity contribution >= 4 is 5.91 Å². The molecule has 1 amide bonds. The number of aromatic nitrogens is 1. The van der Waals surface area contributed by atoms with Crippen molar-refractivity contribution in [2.45, 2.75) is 6.54 Å². The van der Waals surface area contributed by atoms with Gasteiger partial charge in [-0.2, -0.15) is 0 Å². The minimum atomic E-state index is -0.220. The number of amides is 1. The molecule has 0 saturated carbocycles. The van der Waals surface area contributed by atoms with Gasteiger partial charge in [-0.1, -0.05) is 65.8 Å². The molecule has 3 aromatic rings. The second kappa shape index (κ2) is 9.49. The first kappa shape index (κ1) is 19.4. The van der Waals surface area contributed by atoms with Gasteiger partial charge in [-0.3, -0.25) is 14.6 Å². The Morgan fingerprint density at radius 3 is 2.31 bits per heavy atom. The lowest BCUT2D eigenvalue weighted by molar-refractivity contribution is 0.0898. The van der Waals surface area contributed by atoms with Gasteiger partial charge in [0.1, 0.15) is 5.69 Å². The van der Waals surface area contributed by atoms with Crippen LogP contribution in [0.4, 0.5) is 0 Å². The van der Waals surface area contributed by atoms with Crippen LogP contribution in [0.2, 0.25) is 0 Å². The fourth-order valence-corrected chi connectivity index (χ4v) is 3.55. The summed E-state index contributed by atoms with van der Waals surface area (Å²) in [6.07, 6.45) is 0. The Balaban J connectivity index is 1.18. The summed E-state index contributed by atoms with van der Waals surface area (Å²) in [5.41, 5.74) is 2.96. The molecule has 1 fully saturated rings. The second-order valence-electron chi connectivity index (χ2n) is 7.30. The molecule has 29 heavy (non-hydrogen) atoms. The van der Waals surface area contributed by atoms with Gasteiger partial charge >= 0.3 is 0 Å². The van der Waals surface area contributed by atoms with Gasteiger partial charge in [-0.05, 0) is 5.56 Å². The average molecular weight is 390 g/mol. The predicted molar refractivity (Wildman–Crippen MR) is 112 cm³/mol. The third kappa shape index (κ3) is 5.31. The van der Waals surface area contributed by atoms with E-state index in [2.05, 4.69) is 50.6 Å². The summed E-state index contributed by atoms with van der Waals surface area (Å²) in [5, 5.41) is 6.93. The summed E-state index contributed by atoms with van der Waals surface area (Å²) < 4.78 is 5.21. The zero-order valence-corrected chi connectivity index (χ0v) is 16.5. The molecule has 0 spiro atoms. The quantitative estimate of drug-likeness (QED) is 0.672. The Hall–Kier alpha value is -2.96. The molecule has 0 radical (unpaired) electrons. The fraction of sp³-hybridized carbons (Fsp3) is 0.304. The maximum Gasteiger partial charge on any atom is 0.289 e. The minimum Gasteiger partial charge on any atom is -0.350 e. The van der Waals surface area contributed by atoms with Crippen LogP contribution in [-0.2, 0) is 6.54 Å². The van der Waals surface area contributed by atoms with Crippen molar-refractivity contribution in [2.24, 2.45) is 0 Å². The Morgan fingerprint density at radius 1 is 0.931 bits per heavy atom. The number of nitrogens with zero attached hydrogens (tertiary/aromatic N) is 3. The molecule has 4 rings (SSSR count). The van der Waals surface area contributed by atoms with Crippen LogP contribution in [0.5, 0.6) is 0 Å². The summed E-state index contributed by atoms with van der Waals surface area (Å²) in [7, 11) is 0. The van der Waals surface area contributed by atoms with Gasteiger partial charge in [0.15, 0.2) is 0 Å². The first-order chi connectivity index (χ1) is 14.3. The third-order valence-electron chi connectivity index (χ3n) is 5.23. The molecule has 1 N–H and O–H groups in total. The zero-order chi connectivity index (χ0) is 19.9. The van der Waals surface area contributed by atoms with Crippen LogP contribution in [0.1, 0.15) is 16.1 Å². The molecule has 1 aliphatic rings. The zero-order valence-electron chi connectivity index (χ0n) is 16.5. The average Bonchev–Trinajstić information content (AvgIpc) is 3.27. The Labute approximate surface area is 171 Å². The summed E-state index contributed by atoms with van der Waals surface area (Å²) in [5.74, 6) is 0.0268. The van der Waals surface area contributed by atoms with Crippen LogP contribution in [0, 0.1) is 0 Å². The van der Waals surface area contributed by atoms with Crippen molar-refractivity contribution in [1.82, 2.24) is 20.3 Å². The van der Waals surface area contributed by atoms with E-state index in [0.717, 1.165) is 44.8 Å². The summed E-state index contributed by atoms with van der Waals surface area (Å²) >= 11 is 0. The standard InChI is InChI=1S/C23H26N4O2/c28-23(22-17-21(25-29-22)20-9-5-2-6-10-20)24-11-12-26-13-15-27(16-14-26)18-19-7-3-1-4-8-19/h1-10,17H,11-16,18H2,(H,24,28). The van der Waals surface area contributed by atoms with E-state index in [1.165, 1.54) is 5.56 Å². The van der Waals surface area contributed by atoms with Crippen LogP contribution >= 0.6 is 0 Å². The number of piperazine rings is 1. The molecular formula is C23H26N4O2. The number of benzene rings is 2. The van der Waals surface area contributed by atoms with Gasteiger partial charge < -0.3 is 9.84 Å². The highest BCUT2D eigenvalue weighted by Crippen LogP contribution is 2.18. The van der Waals surface area contributed by atoms with E-state index in [0.29, 0.717) is 12.2 Å². The highest BCUT2D eigenvalue weighted by Gasteiger charge is 2.18. The second-order valence-corrected chi connectivity index (χ2v) is 7.30. The first-order valence-corrected chi connectivity index (χ1v) is 10.1. The van der Waals surface area contributed by atoms with Crippen LogP contribution in [0.15, 0.2) is 71.3 Å². The molecule has 6 nitrogen and oxygen atoms in total. The van der Waals surface area contributed by atoms with Gasteiger partial charge in [0, 0.05) is 57.4 Å². The van der Waals surface area contributed by atoms with Crippen molar-refractivity contribution in [3.63, 3.8) is 0 Å². The smallest absolute Gasteiger partial charge is 0.289 e. The van der Waals surface area contributed by atoms with E-state index in [-0.39, 0.29) is 11.7 Å². The lowest BCUT2D eigenvalue weighted by Gasteiger charge is -2.34. The molecule has 0 unspecified atom stereocenters. The van der Waals surface area contributed by atoms with Crippen molar-refractivity contribution in [1.29, 1.82) is 0 Å². The fourth-order valence-electron chi connectivity index (χ4n) is 3.55. The molecule has 0 atom stereocenters. The highest BCUT2D eigenvalue weighted by atomic mass is 16.5. The van der Waals surface area contributed by atoms with Crippen LogP contribution in [0.3, 0.4) is 0 Å². The monoisotopic (exact) mass is 390 g/mol. The van der Waals surface area contributed by atoms with Crippen molar-refractivity contribution in [2.75, 3.05) is 39.3 Å². The Kier molecular flexibility index (Phi) is 6.34. The molecule has 1 aliphatic heterocycles. The number of rotatable bonds is 7. The Bertz CT molecular complexity index is 903. The Morgan fingerprint density at radius 2 is 1.59 bits per heavy atom. The van der Waals surface area contributed by atoms with E-state index in [1.54, 1.807) is 6.07 Å². The van der Waals surface area contributed by atoms with E-state index in [4.69, 9.17) is 4.52 Å². The lowest BCUT2D eigenvalue weighted by Crippen LogP contribution is -2.48. The number of nitrogens with one attached hydrogen (secondary N) is 1. The van der Waals surface area contributed by atoms with Gasteiger partial charge in [0.25, 0.3) is 5.91 Å². The third-order valence-corrected chi connectivity index (χ3v) is 5.23. The SMILES string of the molecule is O=C(NCCN1CCN(Cc2ccccc2)CC1)c1cc(-c2ccccc2)no1. The lowest BCUT2D eigenvalue weighted by atomic mass is 10.1. The number of hydrogen-bond acceptors (Lipinski definition) is 5. The molecular weight excluding hydrogens is 364 g/mol. The predicted octanol–water partition coefficient (Wildman–Crippen LogP) is 2.89. The number of carbonyl (C=O) groups is 1. The van der Waals surface area contributed by atoms with Crippen LogP contribution in [0.25, 0.3) is 11.3 Å². The molecule has 0 bridgehead atoms. The van der Waals surface area contributed by atoms with E-state index in [9.17, 15) is 4.79 Å². The maximum absolute atomic E-state index is 12.3. The maximum atomic E-state index is 12.3.